The third-order valence-electron chi connectivity index (χ3n) is 3.97. The molecule has 0 bridgehead atoms. The summed E-state index contributed by atoms with van der Waals surface area (Å²) in [6, 6.07) is 7.68. The second-order valence-corrected chi connectivity index (χ2v) is 6.40. The smallest absolute Gasteiger partial charge is 0.255 e. The standard InChI is InChI=1S/C18H22N6O/c1-12(2)24(13(3)4)17(25)15-8-6-5-7-14(15)16-20-18(22-21-16)23-10-9-19-11-23/h5-13H,1-4H3,(H,20,21,22). The van der Waals surface area contributed by atoms with Gasteiger partial charge in [-0.25, -0.2) is 4.98 Å². The van der Waals surface area contributed by atoms with Gasteiger partial charge in [0.1, 0.15) is 6.33 Å². The molecule has 1 amide bonds. The van der Waals surface area contributed by atoms with Crippen LogP contribution in [0.1, 0.15) is 38.1 Å². The zero-order chi connectivity index (χ0) is 18.0. The largest absolute Gasteiger partial charge is 0.334 e. The number of imidazole rings is 1. The van der Waals surface area contributed by atoms with Crippen molar-refractivity contribution in [3.8, 4) is 17.3 Å². The summed E-state index contributed by atoms with van der Waals surface area (Å²) in [6.45, 7) is 8.08. The highest BCUT2D eigenvalue weighted by Crippen LogP contribution is 2.24. The van der Waals surface area contributed by atoms with Crippen LogP contribution in [0.4, 0.5) is 0 Å². The SMILES string of the molecule is CC(C)N(C(=O)c1ccccc1-c1nc(-n2ccnc2)n[nH]1)C(C)C. The highest BCUT2D eigenvalue weighted by atomic mass is 16.2. The molecule has 1 aromatic carbocycles. The number of rotatable bonds is 5. The molecule has 0 atom stereocenters. The van der Waals surface area contributed by atoms with Crippen LogP contribution in [0.3, 0.4) is 0 Å². The van der Waals surface area contributed by atoms with Crippen molar-refractivity contribution < 1.29 is 4.79 Å². The van der Waals surface area contributed by atoms with E-state index in [9.17, 15) is 4.79 Å². The van der Waals surface area contributed by atoms with E-state index in [1.165, 1.54) is 0 Å². The Labute approximate surface area is 146 Å². The molecule has 0 aliphatic carbocycles. The fourth-order valence-corrected chi connectivity index (χ4v) is 2.95. The number of benzene rings is 1. The van der Waals surface area contributed by atoms with Gasteiger partial charge in [0.25, 0.3) is 11.9 Å². The third kappa shape index (κ3) is 3.31. The lowest BCUT2D eigenvalue weighted by Crippen LogP contribution is -2.42. The number of carbonyl (C=O) groups excluding carboxylic acids is 1. The predicted molar refractivity (Wildman–Crippen MR) is 95.4 cm³/mol. The van der Waals surface area contributed by atoms with Gasteiger partial charge >= 0.3 is 0 Å². The van der Waals surface area contributed by atoms with E-state index in [-0.39, 0.29) is 18.0 Å². The van der Waals surface area contributed by atoms with Crippen molar-refractivity contribution in [3.05, 3.63) is 48.5 Å². The Kier molecular flexibility index (Phi) is 4.65. The average molecular weight is 338 g/mol. The van der Waals surface area contributed by atoms with Gasteiger partial charge in [-0.3, -0.25) is 14.5 Å². The van der Waals surface area contributed by atoms with Crippen molar-refractivity contribution in [3.63, 3.8) is 0 Å². The Hall–Kier alpha value is -2.96. The van der Waals surface area contributed by atoms with Crippen LogP contribution >= 0.6 is 0 Å². The number of aromatic nitrogens is 5. The lowest BCUT2D eigenvalue weighted by atomic mass is 10.0. The van der Waals surface area contributed by atoms with E-state index < -0.39 is 0 Å². The zero-order valence-electron chi connectivity index (χ0n) is 14.8. The van der Waals surface area contributed by atoms with Gasteiger partial charge in [0, 0.05) is 30.0 Å². The summed E-state index contributed by atoms with van der Waals surface area (Å²) in [5.74, 6) is 1.03. The molecule has 25 heavy (non-hydrogen) atoms. The Morgan fingerprint density at radius 2 is 1.88 bits per heavy atom. The summed E-state index contributed by atoms with van der Waals surface area (Å²) in [4.78, 5) is 23.5. The maximum Gasteiger partial charge on any atom is 0.255 e. The van der Waals surface area contributed by atoms with Crippen molar-refractivity contribution in [2.24, 2.45) is 0 Å². The number of carbonyl (C=O) groups is 1. The average Bonchev–Trinajstić information content (AvgIpc) is 3.25. The van der Waals surface area contributed by atoms with E-state index in [1.807, 2.05) is 56.9 Å². The fraction of sp³-hybridized carbons (Fsp3) is 0.333. The summed E-state index contributed by atoms with van der Waals surface area (Å²) in [6.07, 6.45) is 5.06. The molecule has 0 saturated heterocycles. The van der Waals surface area contributed by atoms with Crippen LogP contribution in [-0.4, -0.2) is 47.6 Å². The molecule has 130 valence electrons. The molecule has 1 N–H and O–H groups in total. The molecule has 0 unspecified atom stereocenters. The first-order valence-electron chi connectivity index (χ1n) is 8.32. The molecule has 0 aliphatic heterocycles. The number of aromatic amines is 1. The minimum atomic E-state index is -0.0128. The quantitative estimate of drug-likeness (QED) is 0.776. The molecule has 3 aromatic rings. The van der Waals surface area contributed by atoms with Gasteiger partial charge in [0.15, 0.2) is 5.82 Å². The third-order valence-corrected chi connectivity index (χ3v) is 3.97. The van der Waals surface area contributed by atoms with Gasteiger partial charge in [-0.1, -0.05) is 18.2 Å². The lowest BCUT2D eigenvalue weighted by molar-refractivity contribution is 0.0644. The van der Waals surface area contributed by atoms with Gasteiger partial charge in [0.05, 0.1) is 5.56 Å². The molecule has 0 fully saturated rings. The van der Waals surface area contributed by atoms with E-state index in [0.717, 1.165) is 5.56 Å². The summed E-state index contributed by atoms with van der Waals surface area (Å²) < 4.78 is 1.71. The van der Waals surface area contributed by atoms with Crippen molar-refractivity contribution in [2.75, 3.05) is 0 Å². The molecule has 0 radical (unpaired) electrons. The Balaban J connectivity index is 2.01. The number of H-pyrrole nitrogens is 1. The van der Waals surface area contributed by atoms with Crippen molar-refractivity contribution >= 4 is 5.91 Å². The van der Waals surface area contributed by atoms with Gasteiger partial charge in [-0.05, 0) is 33.8 Å². The highest BCUT2D eigenvalue weighted by molar-refractivity contribution is 6.00. The second-order valence-electron chi connectivity index (χ2n) is 6.40. The number of amides is 1. The molecular formula is C18H22N6O. The molecular weight excluding hydrogens is 316 g/mol. The van der Waals surface area contributed by atoms with Crippen LogP contribution in [-0.2, 0) is 0 Å². The fourth-order valence-electron chi connectivity index (χ4n) is 2.95. The first kappa shape index (κ1) is 16.9. The van der Waals surface area contributed by atoms with E-state index in [4.69, 9.17) is 0 Å². The lowest BCUT2D eigenvalue weighted by Gasteiger charge is -2.31. The minimum absolute atomic E-state index is 0.0128. The van der Waals surface area contributed by atoms with E-state index in [0.29, 0.717) is 17.3 Å². The van der Waals surface area contributed by atoms with E-state index in [2.05, 4.69) is 20.2 Å². The van der Waals surface area contributed by atoms with Crippen LogP contribution in [0.15, 0.2) is 43.0 Å². The predicted octanol–water partition coefficient (Wildman–Crippen LogP) is 2.92. The van der Waals surface area contributed by atoms with Gasteiger partial charge in [-0.15, -0.1) is 5.10 Å². The molecule has 0 saturated carbocycles. The first-order chi connectivity index (χ1) is 12.0. The summed E-state index contributed by atoms with van der Waals surface area (Å²) in [5, 5.41) is 7.14. The van der Waals surface area contributed by atoms with E-state index >= 15 is 0 Å². The van der Waals surface area contributed by atoms with Crippen LogP contribution in [0.2, 0.25) is 0 Å². The topological polar surface area (TPSA) is 79.7 Å². The minimum Gasteiger partial charge on any atom is -0.334 e. The van der Waals surface area contributed by atoms with Crippen molar-refractivity contribution in [1.29, 1.82) is 0 Å². The monoisotopic (exact) mass is 338 g/mol. The van der Waals surface area contributed by atoms with Crippen molar-refractivity contribution in [1.82, 2.24) is 29.6 Å². The molecule has 2 aromatic heterocycles. The second kappa shape index (κ2) is 6.88. The number of hydrogen-bond acceptors (Lipinski definition) is 4. The number of nitrogens with one attached hydrogen (secondary N) is 1. The maximum absolute atomic E-state index is 13.1. The summed E-state index contributed by atoms with van der Waals surface area (Å²) in [5.41, 5.74) is 1.34. The Bertz CT molecular complexity index is 842. The zero-order valence-corrected chi connectivity index (χ0v) is 14.8. The molecule has 0 aliphatic rings. The molecule has 3 rings (SSSR count). The molecule has 2 heterocycles. The van der Waals surface area contributed by atoms with Crippen LogP contribution in [0, 0.1) is 0 Å². The summed E-state index contributed by atoms with van der Waals surface area (Å²) in [7, 11) is 0. The normalized spacial score (nSPS) is 11.3. The number of hydrogen-bond donors (Lipinski definition) is 1. The van der Waals surface area contributed by atoms with Crippen LogP contribution in [0.25, 0.3) is 17.3 Å². The number of nitrogens with zero attached hydrogens (tertiary/aromatic N) is 5. The first-order valence-corrected chi connectivity index (χ1v) is 8.32. The maximum atomic E-state index is 13.1. The Morgan fingerprint density at radius 3 is 2.52 bits per heavy atom. The summed E-state index contributed by atoms with van der Waals surface area (Å²) >= 11 is 0. The van der Waals surface area contributed by atoms with E-state index in [1.54, 1.807) is 23.3 Å². The van der Waals surface area contributed by atoms with Gasteiger partial charge in [-0.2, -0.15) is 4.98 Å². The molecule has 0 spiro atoms. The molecule has 7 heteroatoms. The van der Waals surface area contributed by atoms with Gasteiger partial charge in [0.2, 0.25) is 0 Å². The van der Waals surface area contributed by atoms with Crippen molar-refractivity contribution in [2.45, 2.75) is 39.8 Å². The van der Waals surface area contributed by atoms with Crippen LogP contribution < -0.4 is 0 Å². The van der Waals surface area contributed by atoms with Gasteiger partial charge < -0.3 is 4.90 Å². The van der Waals surface area contributed by atoms with Crippen LogP contribution in [0.5, 0.6) is 0 Å². The molecule has 7 nitrogen and oxygen atoms in total. The Morgan fingerprint density at radius 1 is 1.16 bits per heavy atom. The highest BCUT2D eigenvalue weighted by Gasteiger charge is 2.24.